The first-order valence-electron chi connectivity index (χ1n) is 7.23. The second-order valence-electron chi connectivity index (χ2n) is 6.00. The van der Waals surface area contributed by atoms with E-state index < -0.39 is 10.0 Å². The molecule has 0 saturated heterocycles. The molecule has 0 aliphatic heterocycles. The fourth-order valence-electron chi connectivity index (χ4n) is 2.79. The van der Waals surface area contributed by atoms with Crippen molar-refractivity contribution in [2.45, 2.75) is 44.0 Å². The van der Waals surface area contributed by atoms with Crippen molar-refractivity contribution in [3.63, 3.8) is 0 Å². The molecule has 0 amide bonds. The van der Waals surface area contributed by atoms with Crippen LogP contribution >= 0.6 is 0 Å². The zero-order valence-electron chi connectivity index (χ0n) is 12.2. The van der Waals surface area contributed by atoms with Gasteiger partial charge in [0.05, 0.1) is 4.90 Å². The Morgan fingerprint density at radius 3 is 2.75 bits per heavy atom. The molecule has 0 radical (unpaired) electrons. The van der Waals surface area contributed by atoms with E-state index >= 15 is 0 Å². The molecule has 1 saturated carbocycles. The van der Waals surface area contributed by atoms with E-state index in [1.54, 1.807) is 18.2 Å². The minimum absolute atomic E-state index is 0.166. The molecule has 4 nitrogen and oxygen atoms in total. The topological polar surface area (TPSA) is 72.2 Å². The summed E-state index contributed by atoms with van der Waals surface area (Å²) >= 11 is 0. The fraction of sp³-hybridized carbons (Fsp3) is 0.600. The molecule has 3 N–H and O–H groups in total. The Hall–Kier alpha value is -0.910. The third-order valence-corrected chi connectivity index (χ3v) is 5.48. The maximum Gasteiger partial charge on any atom is 0.240 e. The van der Waals surface area contributed by atoms with Crippen LogP contribution in [0.1, 0.15) is 44.7 Å². The SMILES string of the molecule is CC1CCC(CNS(=O)(=O)c2cccc(C(C)N)c2)C1. The summed E-state index contributed by atoms with van der Waals surface area (Å²) in [5, 5.41) is 0. The monoisotopic (exact) mass is 296 g/mol. The van der Waals surface area contributed by atoms with Gasteiger partial charge in [-0.1, -0.05) is 25.5 Å². The Balaban J connectivity index is 2.04. The van der Waals surface area contributed by atoms with Crippen molar-refractivity contribution >= 4 is 10.0 Å². The van der Waals surface area contributed by atoms with E-state index in [0.717, 1.165) is 18.4 Å². The van der Waals surface area contributed by atoms with Crippen molar-refractivity contribution < 1.29 is 8.42 Å². The van der Waals surface area contributed by atoms with E-state index in [1.807, 2.05) is 13.0 Å². The molecule has 1 aliphatic rings. The first kappa shape index (κ1) is 15.5. The fourth-order valence-corrected chi connectivity index (χ4v) is 3.96. The molecule has 0 spiro atoms. The van der Waals surface area contributed by atoms with Gasteiger partial charge >= 0.3 is 0 Å². The maximum absolute atomic E-state index is 12.3. The highest BCUT2D eigenvalue weighted by atomic mass is 32.2. The molecule has 112 valence electrons. The summed E-state index contributed by atoms with van der Waals surface area (Å²) < 4.78 is 27.3. The van der Waals surface area contributed by atoms with Crippen molar-refractivity contribution in [1.82, 2.24) is 4.72 Å². The average molecular weight is 296 g/mol. The molecule has 3 atom stereocenters. The van der Waals surface area contributed by atoms with Gasteiger partial charge in [0, 0.05) is 12.6 Å². The van der Waals surface area contributed by atoms with Gasteiger partial charge < -0.3 is 5.73 Å². The van der Waals surface area contributed by atoms with Crippen LogP contribution < -0.4 is 10.5 Å². The summed E-state index contributed by atoms with van der Waals surface area (Å²) in [6.07, 6.45) is 3.43. The van der Waals surface area contributed by atoms with Crippen molar-refractivity contribution in [2.24, 2.45) is 17.6 Å². The number of sulfonamides is 1. The van der Waals surface area contributed by atoms with Gasteiger partial charge in [0.25, 0.3) is 0 Å². The van der Waals surface area contributed by atoms with Gasteiger partial charge in [0.15, 0.2) is 0 Å². The largest absolute Gasteiger partial charge is 0.324 e. The molecule has 1 aromatic rings. The minimum atomic E-state index is -3.43. The van der Waals surface area contributed by atoms with Crippen LogP contribution in [0.25, 0.3) is 0 Å². The standard InChI is InChI=1S/C15H24N2O2S/c1-11-6-7-13(8-11)10-17-20(18,19)15-5-3-4-14(9-15)12(2)16/h3-5,9,11-13,17H,6-8,10,16H2,1-2H3. The number of hydrogen-bond acceptors (Lipinski definition) is 3. The van der Waals surface area contributed by atoms with Gasteiger partial charge in [0.1, 0.15) is 0 Å². The highest BCUT2D eigenvalue weighted by molar-refractivity contribution is 7.89. The summed E-state index contributed by atoms with van der Waals surface area (Å²) in [6.45, 7) is 4.61. The normalized spacial score (nSPS) is 24.8. The molecular formula is C15H24N2O2S. The molecule has 0 heterocycles. The van der Waals surface area contributed by atoms with Crippen LogP contribution in [-0.4, -0.2) is 15.0 Å². The van der Waals surface area contributed by atoms with Crippen LogP contribution in [0.3, 0.4) is 0 Å². The van der Waals surface area contributed by atoms with E-state index in [2.05, 4.69) is 11.6 Å². The maximum atomic E-state index is 12.3. The van der Waals surface area contributed by atoms with E-state index in [4.69, 9.17) is 5.73 Å². The minimum Gasteiger partial charge on any atom is -0.324 e. The van der Waals surface area contributed by atoms with Gasteiger partial charge in [0.2, 0.25) is 10.0 Å². The molecule has 1 aliphatic carbocycles. The highest BCUT2D eigenvalue weighted by Gasteiger charge is 2.23. The van der Waals surface area contributed by atoms with Gasteiger partial charge in [-0.05, 0) is 49.3 Å². The Kier molecular flexibility index (Phi) is 4.83. The predicted octanol–water partition coefficient (Wildman–Crippen LogP) is 2.42. The van der Waals surface area contributed by atoms with Gasteiger partial charge in [-0.15, -0.1) is 0 Å². The Bertz CT molecular complexity index is 555. The number of hydrogen-bond donors (Lipinski definition) is 2. The van der Waals surface area contributed by atoms with Crippen molar-refractivity contribution in [3.8, 4) is 0 Å². The second kappa shape index (κ2) is 6.24. The lowest BCUT2D eigenvalue weighted by Crippen LogP contribution is -2.28. The molecule has 20 heavy (non-hydrogen) atoms. The first-order valence-corrected chi connectivity index (χ1v) is 8.72. The van der Waals surface area contributed by atoms with Crippen molar-refractivity contribution in [2.75, 3.05) is 6.54 Å². The summed E-state index contributed by atoms with van der Waals surface area (Å²) in [7, 11) is -3.43. The molecule has 2 rings (SSSR count). The van der Waals surface area contributed by atoms with E-state index in [9.17, 15) is 8.42 Å². The van der Waals surface area contributed by atoms with Crippen LogP contribution in [0.5, 0.6) is 0 Å². The van der Waals surface area contributed by atoms with E-state index in [0.29, 0.717) is 23.3 Å². The first-order chi connectivity index (χ1) is 9.38. The van der Waals surface area contributed by atoms with Crippen LogP contribution in [-0.2, 0) is 10.0 Å². The lowest BCUT2D eigenvalue weighted by molar-refractivity contribution is 0.498. The summed E-state index contributed by atoms with van der Waals surface area (Å²) in [6, 6.07) is 6.70. The number of benzene rings is 1. The molecule has 5 heteroatoms. The number of nitrogens with two attached hydrogens (primary N) is 1. The van der Waals surface area contributed by atoms with Crippen LogP contribution in [0.15, 0.2) is 29.2 Å². The van der Waals surface area contributed by atoms with E-state index in [1.165, 1.54) is 6.42 Å². The van der Waals surface area contributed by atoms with Gasteiger partial charge in [-0.3, -0.25) is 0 Å². The van der Waals surface area contributed by atoms with Crippen molar-refractivity contribution in [1.29, 1.82) is 0 Å². The Labute approximate surface area is 121 Å². The quantitative estimate of drug-likeness (QED) is 0.876. The number of rotatable bonds is 5. The summed E-state index contributed by atoms with van der Waals surface area (Å²) in [5.74, 6) is 1.18. The third-order valence-electron chi connectivity index (χ3n) is 4.06. The summed E-state index contributed by atoms with van der Waals surface area (Å²) in [5.41, 5.74) is 6.63. The van der Waals surface area contributed by atoms with Crippen LogP contribution in [0, 0.1) is 11.8 Å². The molecule has 3 unspecified atom stereocenters. The Morgan fingerprint density at radius 1 is 1.40 bits per heavy atom. The third kappa shape index (κ3) is 3.81. The second-order valence-corrected chi connectivity index (χ2v) is 7.76. The predicted molar refractivity (Wildman–Crippen MR) is 80.7 cm³/mol. The zero-order valence-corrected chi connectivity index (χ0v) is 13.0. The van der Waals surface area contributed by atoms with E-state index in [-0.39, 0.29) is 6.04 Å². The number of nitrogens with one attached hydrogen (secondary N) is 1. The molecule has 0 aromatic heterocycles. The zero-order chi connectivity index (χ0) is 14.8. The summed E-state index contributed by atoms with van der Waals surface area (Å²) in [4.78, 5) is 0.304. The highest BCUT2D eigenvalue weighted by Crippen LogP contribution is 2.30. The Morgan fingerprint density at radius 2 is 2.15 bits per heavy atom. The van der Waals surface area contributed by atoms with Gasteiger partial charge in [-0.25, -0.2) is 13.1 Å². The average Bonchev–Trinajstić information content (AvgIpc) is 2.82. The van der Waals surface area contributed by atoms with Crippen molar-refractivity contribution in [3.05, 3.63) is 29.8 Å². The molecule has 0 bridgehead atoms. The van der Waals surface area contributed by atoms with Crippen LogP contribution in [0.4, 0.5) is 0 Å². The molecular weight excluding hydrogens is 272 g/mol. The van der Waals surface area contributed by atoms with Crippen LogP contribution in [0.2, 0.25) is 0 Å². The molecule has 1 aromatic carbocycles. The molecule has 1 fully saturated rings. The smallest absolute Gasteiger partial charge is 0.240 e. The lowest BCUT2D eigenvalue weighted by atomic mass is 10.1. The lowest BCUT2D eigenvalue weighted by Gasteiger charge is -2.13. The van der Waals surface area contributed by atoms with Gasteiger partial charge in [-0.2, -0.15) is 0 Å².